The molecule has 0 radical (unpaired) electrons. The van der Waals surface area contributed by atoms with Crippen LogP contribution in [0.1, 0.15) is 13.3 Å². The van der Waals surface area contributed by atoms with Crippen molar-refractivity contribution in [2.24, 2.45) is 0 Å². The normalized spacial score (nSPS) is 16.9. The third-order valence-electron chi connectivity index (χ3n) is 1.53. The Labute approximate surface area is 75.1 Å². The van der Waals surface area contributed by atoms with E-state index in [1.165, 1.54) is 0 Å². The quantitative estimate of drug-likeness (QED) is 0.702. The average molecular weight is 226 g/mol. The van der Waals surface area contributed by atoms with Crippen molar-refractivity contribution in [3.8, 4) is 0 Å². The molecule has 0 amide bonds. The van der Waals surface area contributed by atoms with Crippen LogP contribution in [0.3, 0.4) is 0 Å². The van der Waals surface area contributed by atoms with Gasteiger partial charge >= 0.3 is 12.4 Å². The summed E-state index contributed by atoms with van der Waals surface area (Å²) in [6.07, 6.45) is -15.5. The molecule has 0 fully saturated rings. The second kappa shape index (κ2) is 3.58. The van der Waals surface area contributed by atoms with Crippen LogP contribution in [-0.2, 0) is 0 Å². The van der Waals surface area contributed by atoms with Gasteiger partial charge in [-0.25, -0.2) is 0 Å². The van der Waals surface area contributed by atoms with Crippen molar-refractivity contribution in [3.63, 3.8) is 0 Å². The van der Waals surface area contributed by atoms with Gasteiger partial charge in [-0.2, -0.15) is 26.3 Å². The van der Waals surface area contributed by atoms with Gasteiger partial charge in [-0.05, 0) is 6.92 Å². The molecule has 0 aromatic heterocycles. The van der Waals surface area contributed by atoms with E-state index in [0.29, 0.717) is 0 Å². The fraction of sp³-hybridized carbons (Fsp3) is 1.00. The van der Waals surface area contributed by atoms with Gasteiger partial charge in [0.15, 0.2) is 0 Å². The summed E-state index contributed by atoms with van der Waals surface area (Å²) in [6, 6.07) is 0. The first-order valence-corrected chi connectivity index (χ1v) is 3.45. The Balaban J connectivity index is 5.07. The number of rotatable bonds is 2. The minimum Gasteiger partial charge on any atom is -0.393 e. The van der Waals surface area contributed by atoms with Crippen molar-refractivity contribution in [3.05, 3.63) is 0 Å². The van der Waals surface area contributed by atoms with Crippen molar-refractivity contribution in [1.29, 1.82) is 0 Å². The van der Waals surface area contributed by atoms with E-state index < -0.39 is 30.5 Å². The predicted molar refractivity (Wildman–Crippen MR) is 33.4 cm³/mol. The first-order chi connectivity index (χ1) is 5.92. The van der Waals surface area contributed by atoms with Crippen LogP contribution in [0.25, 0.3) is 0 Å². The van der Waals surface area contributed by atoms with E-state index in [1.807, 2.05) is 0 Å². The average Bonchev–Trinajstić information content (AvgIpc) is 1.79. The van der Waals surface area contributed by atoms with Crippen LogP contribution >= 0.6 is 0 Å². The van der Waals surface area contributed by atoms with Crippen molar-refractivity contribution >= 4 is 0 Å². The highest BCUT2D eigenvalue weighted by molar-refractivity contribution is 4.94. The third kappa shape index (κ3) is 2.50. The zero-order valence-electron chi connectivity index (χ0n) is 6.95. The largest absolute Gasteiger partial charge is 0.426 e. The van der Waals surface area contributed by atoms with Gasteiger partial charge in [-0.3, -0.25) is 0 Å². The van der Waals surface area contributed by atoms with Gasteiger partial charge in [-0.15, -0.1) is 0 Å². The van der Waals surface area contributed by atoms with E-state index in [0.717, 1.165) is 6.92 Å². The monoisotopic (exact) mass is 226 g/mol. The molecule has 8 heteroatoms. The third-order valence-corrected chi connectivity index (χ3v) is 1.53. The van der Waals surface area contributed by atoms with Crippen LogP contribution < -0.4 is 0 Å². The molecule has 0 aromatic carbocycles. The number of aliphatic hydroxyl groups excluding tert-OH is 1. The lowest BCUT2D eigenvalue weighted by molar-refractivity contribution is -0.373. The van der Waals surface area contributed by atoms with Crippen molar-refractivity contribution in [2.45, 2.75) is 37.4 Å². The minimum atomic E-state index is -5.86. The molecule has 0 bridgehead atoms. The van der Waals surface area contributed by atoms with Crippen LogP contribution in [0.15, 0.2) is 0 Å². The van der Waals surface area contributed by atoms with Crippen molar-refractivity contribution in [1.82, 2.24) is 0 Å². The van der Waals surface area contributed by atoms with Crippen LogP contribution in [0.2, 0.25) is 0 Å². The Kier molecular flexibility index (Phi) is 3.45. The van der Waals surface area contributed by atoms with E-state index in [2.05, 4.69) is 0 Å². The molecule has 0 aliphatic carbocycles. The number of alkyl halides is 6. The molecule has 0 rings (SSSR count). The van der Waals surface area contributed by atoms with E-state index in [4.69, 9.17) is 10.2 Å². The molecular formula is C6H8F6O2. The lowest BCUT2D eigenvalue weighted by Gasteiger charge is -2.33. The summed E-state index contributed by atoms with van der Waals surface area (Å²) in [5, 5.41) is 16.9. The van der Waals surface area contributed by atoms with Crippen molar-refractivity contribution in [2.75, 3.05) is 0 Å². The first-order valence-electron chi connectivity index (χ1n) is 3.45. The van der Waals surface area contributed by atoms with Gasteiger partial charge in [0.1, 0.15) is 0 Å². The van der Waals surface area contributed by atoms with E-state index in [9.17, 15) is 26.3 Å². The van der Waals surface area contributed by atoms with Crippen LogP contribution in [0.5, 0.6) is 0 Å². The molecule has 0 unspecified atom stereocenters. The number of hydrogen-bond donors (Lipinski definition) is 2. The summed E-state index contributed by atoms with van der Waals surface area (Å²) in [7, 11) is 0. The molecule has 0 saturated heterocycles. The fourth-order valence-electron chi connectivity index (χ4n) is 0.820. The topological polar surface area (TPSA) is 40.5 Å². The van der Waals surface area contributed by atoms with Gasteiger partial charge < -0.3 is 10.2 Å². The second-order valence-electron chi connectivity index (χ2n) is 2.91. The fourth-order valence-corrected chi connectivity index (χ4v) is 0.820. The molecule has 0 aliphatic heterocycles. The van der Waals surface area contributed by atoms with Gasteiger partial charge in [0.25, 0.3) is 5.60 Å². The highest BCUT2D eigenvalue weighted by Crippen LogP contribution is 2.45. The van der Waals surface area contributed by atoms with E-state index in [1.54, 1.807) is 0 Å². The van der Waals surface area contributed by atoms with E-state index >= 15 is 0 Å². The van der Waals surface area contributed by atoms with Gasteiger partial charge in [0.05, 0.1) is 6.10 Å². The standard InChI is InChI=1S/C6H8F6O2/c1-3(13)2-4(14,5(7,8)9)6(10,11)12/h3,13-14H,2H2,1H3/t3-/m0/s1. The zero-order chi connectivity index (χ0) is 11.8. The number of hydrogen-bond acceptors (Lipinski definition) is 2. The highest BCUT2D eigenvalue weighted by Gasteiger charge is 2.70. The molecule has 14 heavy (non-hydrogen) atoms. The molecule has 0 aliphatic rings. The summed E-state index contributed by atoms with van der Waals surface area (Å²) < 4.78 is 71.3. The SMILES string of the molecule is C[C@H](O)CC(O)(C(F)(F)F)C(F)(F)F. The first kappa shape index (κ1) is 13.5. The van der Waals surface area contributed by atoms with E-state index in [-0.39, 0.29) is 0 Å². The lowest BCUT2D eigenvalue weighted by atomic mass is 9.95. The Morgan fingerprint density at radius 1 is 1.00 bits per heavy atom. The molecule has 0 aromatic rings. The summed E-state index contributed by atoms with van der Waals surface area (Å²) in [5.41, 5.74) is -4.85. The smallest absolute Gasteiger partial charge is 0.393 e. The van der Waals surface area contributed by atoms with Crippen LogP contribution in [-0.4, -0.2) is 34.3 Å². The molecule has 86 valence electrons. The molecule has 0 heterocycles. The predicted octanol–water partition coefficient (Wildman–Crippen LogP) is 1.61. The molecular weight excluding hydrogens is 218 g/mol. The molecule has 0 spiro atoms. The molecule has 1 atom stereocenters. The highest BCUT2D eigenvalue weighted by atomic mass is 19.4. The Bertz CT molecular complexity index is 179. The van der Waals surface area contributed by atoms with Gasteiger partial charge in [-0.1, -0.05) is 0 Å². The Morgan fingerprint density at radius 2 is 1.29 bits per heavy atom. The zero-order valence-corrected chi connectivity index (χ0v) is 6.95. The molecule has 2 nitrogen and oxygen atoms in total. The molecule has 0 saturated carbocycles. The van der Waals surface area contributed by atoms with Crippen LogP contribution in [0, 0.1) is 0 Å². The maximum Gasteiger partial charge on any atom is 0.426 e. The maximum absolute atomic E-state index is 11.9. The summed E-state index contributed by atoms with van der Waals surface area (Å²) in [4.78, 5) is 0. The van der Waals surface area contributed by atoms with Crippen molar-refractivity contribution < 1.29 is 36.6 Å². The summed E-state index contributed by atoms with van der Waals surface area (Å²) in [6.45, 7) is 0.725. The number of halogens is 6. The summed E-state index contributed by atoms with van der Waals surface area (Å²) >= 11 is 0. The van der Waals surface area contributed by atoms with Gasteiger partial charge in [0.2, 0.25) is 0 Å². The summed E-state index contributed by atoms with van der Waals surface area (Å²) in [5.74, 6) is 0. The minimum absolute atomic E-state index is 0.725. The second-order valence-corrected chi connectivity index (χ2v) is 2.91. The molecule has 2 N–H and O–H groups in total. The van der Waals surface area contributed by atoms with Crippen LogP contribution in [0.4, 0.5) is 26.3 Å². The lowest BCUT2D eigenvalue weighted by Crippen LogP contribution is -2.58. The van der Waals surface area contributed by atoms with Gasteiger partial charge in [0, 0.05) is 6.42 Å². The number of aliphatic hydroxyl groups is 2. The Morgan fingerprint density at radius 3 is 1.36 bits per heavy atom. The maximum atomic E-state index is 11.9. The Hall–Kier alpha value is -0.500.